The predicted molar refractivity (Wildman–Crippen MR) is 169 cm³/mol. The second kappa shape index (κ2) is 7.99. The summed E-state index contributed by atoms with van der Waals surface area (Å²) in [5.74, 6) is 0. The first-order valence-corrected chi connectivity index (χ1v) is 14.2. The number of benzene rings is 6. The predicted octanol–water partition coefficient (Wildman–Crippen LogP) is 11.1. The van der Waals surface area contributed by atoms with E-state index in [0.29, 0.717) is 0 Å². The molecule has 2 aromatic heterocycles. The van der Waals surface area contributed by atoms with Crippen LogP contribution in [0.1, 0.15) is 25.0 Å². The summed E-state index contributed by atoms with van der Waals surface area (Å²) >= 11 is 0. The van der Waals surface area contributed by atoms with Crippen LogP contribution >= 0.6 is 0 Å². The molecule has 41 heavy (non-hydrogen) atoms. The van der Waals surface area contributed by atoms with Crippen LogP contribution in [0.5, 0.6) is 0 Å². The first-order chi connectivity index (χ1) is 20.1. The Morgan fingerprint density at radius 3 is 1.93 bits per heavy atom. The minimum atomic E-state index is -0.0128. The monoisotopic (exact) mass is 526 g/mol. The van der Waals surface area contributed by atoms with Gasteiger partial charge in [0, 0.05) is 27.0 Å². The van der Waals surface area contributed by atoms with Gasteiger partial charge in [-0.05, 0) is 87.0 Å². The standard InChI is InChI=1S/C39H26O2/c1-39(2)32-12-6-3-9-26(32)30-19-23(15-17-33(30)39)25-21-29(38-28-11-5-8-14-35(28)41-37(38)22-25)24-16-18-36-31(20-24)27-10-4-7-13-34(27)40-36/h3-22H,1-2H3. The minimum absolute atomic E-state index is 0.0128. The third kappa shape index (κ3) is 3.13. The Kier molecular flexibility index (Phi) is 4.42. The number of rotatable bonds is 2. The SMILES string of the molecule is CC1(C)c2ccccc2-c2cc(-c3cc(-c4ccc5oc6ccccc6c5c4)c4c(c3)oc3ccccc34)ccc21. The molecule has 0 saturated heterocycles. The molecule has 8 aromatic rings. The van der Waals surface area contributed by atoms with Gasteiger partial charge in [-0.15, -0.1) is 0 Å². The number of fused-ring (bicyclic) bond motifs is 9. The summed E-state index contributed by atoms with van der Waals surface area (Å²) < 4.78 is 12.6. The lowest BCUT2D eigenvalue weighted by molar-refractivity contribution is 0.660. The van der Waals surface area contributed by atoms with Crippen molar-refractivity contribution in [3.63, 3.8) is 0 Å². The number of para-hydroxylation sites is 2. The molecule has 0 unspecified atom stereocenters. The van der Waals surface area contributed by atoms with Crippen molar-refractivity contribution < 1.29 is 8.83 Å². The highest BCUT2D eigenvalue weighted by molar-refractivity contribution is 6.15. The maximum absolute atomic E-state index is 6.48. The second-order valence-corrected chi connectivity index (χ2v) is 11.7. The van der Waals surface area contributed by atoms with Crippen LogP contribution in [0.25, 0.3) is 77.3 Å². The zero-order valence-corrected chi connectivity index (χ0v) is 22.9. The van der Waals surface area contributed by atoms with Crippen LogP contribution in [0.3, 0.4) is 0 Å². The van der Waals surface area contributed by atoms with E-state index in [1.807, 2.05) is 18.2 Å². The molecule has 0 atom stereocenters. The van der Waals surface area contributed by atoms with E-state index in [2.05, 4.69) is 117 Å². The summed E-state index contributed by atoms with van der Waals surface area (Å²) in [4.78, 5) is 0. The molecule has 0 bridgehead atoms. The van der Waals surface area contributed by atoms with Crippen molar-refractivity contribution in [2.45, 2.75) is 19.3 Å². The maximum atomic E-state index is 6.48. The molecule has 2 heteroatoms. The summed E-state index contributed by atoms with van der Waals surface area (Å²) in [6, 6.07) is 43.4. The van der Waals surface area contributed by atoms with Crippen molar-refractivity contribution in [2.75, 3.05) is 0 Å². The van der Waals surface area contributed by atoms with Crippen LogP contribution in [-0.4, -0.2) is 0 Å². The van der Waals surface area contributed by atoms with Crippen molar-refractivity contribution in [1.82, 2.24) is 0 Å². The summed E-state index contributed by atoms with van der Waals surface area (Å²) in [5, 5.41) is 4.53. The van der Waals surface area contributed by atoms with Crippen LogP contribution in [0.4, 0.5) is 0 Å². The Bertz CT molecular complexity index is 2340. The summed E-state index contributed by atoms with van der Waals surface area (Å²) in [6.45, 7) is 4.65. The van der Waals surface area contributed by atoms with Gasteiger partial charge in [-0.1, -0.05) is 92.7 Å². The maximum Gasteiger partial charge on any atom is 0.136 e. The fourth-order valence-corrected chi connectivity index (χ4v) is 7.04. The number of hydrogen-bond donors (Lipinski definition) is 0. The summed E-state index contributed by atoms with van der Waals surface area (Å²) in [7, 11) is 0. The molecular weight excluding hydrogens is 500 g/mol. The van der Waals surface area contributed by atoms with E-state index in [9.17, 15) is 0 Å². The Morgan fingerprint density at radius 1 is 0.415 bits per heavy atom. The molecule has 0 fully saturated rings. The van der Waals surface area contributed by atoms with Crippen molar-refractivity contribution in [2.24, 2.45) is 0 Å². The lowest BCUT2D eigenvalue weighted by Gasteiger charge is -2.21. The van der Waals surface area contributed by atoms with Gasteiger partial charge in [0.05, 0.1) is 0 Å². The first-order valence-electron chi connectivity index (χ1n) is 14.2. The van der Waals surface area contributed by atoms with E-state index in [4.69, 9.17) is 8.83 Å². The van der Waals surface area contributed by atoms with Crippen LogP contribution in [0, 0.1) is 0 Å². The van der Waals surface area contributed by atoms with Gasteiger partial charge in [0.15, 0.2) is 0 Å². The van der Waals surface area contributed by atoms with Crippen LogP contribution in [0.2, 0.25) is 0 Å². The van der Waals surface area contributed by atoms with Crippen molar-refractivity contribution in [3.8, 4) is 33.4 Å². The zero-order valence-electron chi connectivity index (χ0n) is 22.9. The van der Waals surface area contributed by atoms with Gasteiger partial charge in [0.2, 0.25) is 0 Å². The fourth-order valence-electron chi connectivity index (χ4n) is 7.04. The van der Waals surface area contributed by atoms with Gasteiger partial charge in [-0.3, -0.25) is 0 Å². The number of furan rings is 2. The molecule has 2 heterocycles. The van der Waals surface area contributed by atoms with E-state index in [0.717, 1.165) is 60.6 Å². The highest BCUT2D eigenvalue weighted by Crippen LogP contribution is 2.50. The molecule has 0 N–H and O–H groups in total. The molecule has 0 radical (unpaired) electrons. The van der Waals surface area contributed by atoms with Gasteiger partial charge < -0.3 is 8.83 Å². The van der Waals surface area contributed by atoms with Gasteiger partial charge in [0.1, 0.15) is 22.3 Å². The van der Waals surface area contributed by atoms with E-state index in [-0.39, 0.29) is 5.41 Å². The molecule has 0 spiro atoms. The molecule has 0 aliphatic heterocycles. The molecule has 1 aliphatic rings. The quantitative estimate of drug-likeness (QED) is 0.224. The Labute approximate surface area is 237 Å². The molecule has 0 saturated carbocycles. The van der Waals surface area contributed by atoms with Crippen LogP contribution < -0.4 is 0 Å². The van der Waals surface area contributed by atoms with Crippen molar-refractivity contribution in [3.05, 3.63) is 132 Å². The zero-order chi connectivity index (χ0) is 27.3. The highest BCUT2D eigenvalue weighted by atomic mass is 16.3. The largest absolute Gasteiger partial charge is 0.456 e. The smallest absolute Gasteiger partial charge is 0.136 e. The van der Waals surface area contributed by atoms with Crippen LogP contribution in [0.15, 0.2) is 130 Å². The van der Waals surface area contributed by atoms with Crippen LogP contribution in [-0.2, 0) is 5.41 Å². The minimum Gasteiger partial charge on any atom is -0.456 e. The van der Waals surface area contributed by atoms with E-state index < -0.39 is 0 Å². The summed E-state index contributed by atoms with van der Waals surface area (Å²) in [5.41, 5.74) is 13.7. The molecule has 0 amide bonds. The highest BCUT2D eigenvalue weighted by Gasteiger charge is 2.35. The van der Waals surface area contributed by atoms with Gasteiger partial charge in [-0.2, -0.15) is 0 Å². The molecule has 9 rings (SSSR count). The molecule has 2 nitrogen and oxygen atoms in total. The van der Waals surface area contributed by atoms with E-state index >= 15 is 0 Å². The summed E-state index contributed by atoms with van der Waals surface area (Å²) in [6.07, 6.45) is 0. The third-order valence-electron chi connectivity index (χ3n) is 9.08. The normalized spacial score (nSPS) is 13.8. The first kappa shape index (κ1) is 22.7. The second-order valence-electron chi connectivity index (χ2n) is 11.7. The third-order valence-corrected chi connectivity index (χ3v) is 9.08. The lowest BCUT2D eigenvalue weighted by atomic mass is 9.82. The fraction of sp³-hybridized carbons (Fsp3) is 0.0769. The molecule has 6 aromatic carbocycles. The van der Waals surface area contributed by atoms with E-state index in [1.54, 1.807) is 0 Å². The molecular formula is C39H26O2. The topological polar surface area (TPSA) is 26.3 Å². The van der Waals surface area contributed by atoms with Crippen molar-refractivity contribution >= 4 is 43.9 Å². The van der Waals surface area contributed by atoms with Crippen molar-refractivity contribution in [1.29, 1.82) is 0 Å². The molecule has 1 aliphatic carbocycles. The van der Waals surface area contributed by atoms with E-state index in [1.165, 1.54) is 27.8 Å². The molecule has 194 valence electrons. The van der Waals surface area contributed by atoms with Gasteiger partial charge in [-0.25, -0.2) is 0 Å². The Hall–Kier alpha value is -5.08. The Balaban J connectivity index is 1.31. The average Bonchev–Trinajstić information content (AvgIpc) is 3.64. The van der Waals surface area contributed by atoms with Gasteiger partial charge >= 0.3 is 0 Å². The van der Waals surface area contributed by atoms with Gasteiger partial charge in [0.25, 0.3) is 0 Å². The lowest BCUT2D eigenvalue weighted by Crippen LogP contribution is -2.14. The average molecular weight is 527 g/mol. The number of hydrogen-bond acceptors (Lipinski definition) is 2. The Morgan fingerprint density at radius 2 is 1.05 bits per heavy atom.